The highest BCUT2D eigenvalue weighted by molar-refractivity contribution is 5.80. The van der Waals surface area contributed by atoms with Gasteiger partial charge in [0, 0.05) is 12.6 Å². The van der Waals surface area contributed by atoms with Crippen molar-refractivity contribution in [2.75, 3.05) is 26.2 Å². The maximum Gasteiger partial charge on any atom is 0.237 e. The van der Waals surface area contributed by atoms with Crippen LogP contribution in [0, 0.1) is 0 Å². The molecule has 4 heteroatoms. The summed E-state index contributed by atoms with van der Waals surface area (Å²) in [7, 11) is 0. The summed E-state index contributed by atoms with van der Waals surface area (Å²) in [6.45, 7) is 8.26. The van der Waals surface area contributed by atoms with Gasteiger partial charge in [0.1, 0.15) is 0 Å². The molecule has 2 atom stereocenters. The molecule has 104 valence electrons. The topological polar surface area (TPSA) is 35.6 Å². The average molecular weight is 253 g/mol. The SMILES string of the molecule is CCCC1NCC(=O)N1CC(C)N1CCCCC1. The van der Waals surface area contributed by atoms with E-state index in [9.17, 15) is 4.79 Å². The van der Waals surface area contributed by atoms with E-state index in [-0.39, 0.29) is 12.1 Å². The molecule has 2 heterocycles. The lowest BCUT2D eigenvalue weighted by molar-refractivity contribution is -0.128. The van der Waals surface area contributed by atoms with E-state index >= 15 is 0 Å². The molecule has 0 aromatic rings. The van der Waals surface area contributed by atoms with Gasteiger partial charge >= 0.3 is 0 Å². The molecule has 0 aromatic carbocycles. The molecule has 2 saturated heterocycles. The van der Waals surface area contributed by atoms with Gasteiger partial charge < -0.3 is 4.90 Å². The van der Waals surface area contributed by atoms with Gasteiger partial charge in [0.05, 0.1) is 12.7 Å². The molecular weight excluding hydrogens is 226 g/mol. The van der Waals surface area contributed by atoms with Crippen molar-refractivity contribution < 1.29 is 4.79 Å². The Morgan fingerprint density at radius 1 is 1.33 bits per heavy atom. The van der Waals surface area contributed by atoms with Crippen molar-refractivity contribution in [1.82, 2.24) is 15.1 Å². The molecule has 1 N–H and O–H groups in total. The van der Waals surface area contributed by atoms with Crippen molar-refractivity contribution in [3.8, 4) is 0 Å². The van der Waals surface area contributed by atoms with Crippen LogP contribution in [0.1, 0.15) is 46.0 Å². The highest BCUT2D eigenvalue weighted by atomic mass is 16.2. The first-order chi connectivity index (χ1) is 8.72. The summed E-state index contributed by atoms with van der Waals surface area (Å²) in [5.74, 6) is 0.275. The fourth-order valence-corrected chi connectivity index (χ4v) is 3.11. The highest BCUT2D eigenvalue weighted by Crippen LogP contribution is 2.16. The van der Waals surface area contributed by atoms with Crippen LogP contribution >= 0.6 is 0 Å². The lowest BCUT2D eigenvalue weighted by atomic mass is 10.1. The van der Waals surface area contributed by atoms with Gasteiger partial charge in [0.2, 0.25) is 5.91 Å². The molecule has 0 spiro atoms. The number of hydrogen-bond acceptors (Lipinski definition) is 3. The second-order valence-electron chi connectivity index (χ2n) is 5.68. The van der Waals surface area contributed by atoms with E-state index in [0.29, 0.717) is 12.6 Å². The molecule has 0 bridgehead atoms. The van der Waals surface area contributed by atoms with E-state index in [2.05, 4.69) is 29.0 Å². The summed E-state index contributed by atoms with van der Waals surface area (Å²) in [6.07, 6.45) is 6.46. The molecule has 0 saturated carbocycles. The van der Waals surface area contributed by atoms with Crippen molar-refractivity contribution in [2.45, 2.75) is 58.2 Å². The predicted octanol–water partition coefficient (Wildman–Crippen LogP) is 1.42. The maximum absolute atomic E-state index is 11.9. The largest absolute Gasteiger partial charge is 0.324 e. The number of nitrogens with one attached hydrogen (secondary N) is 1. The van der Waals surface area contributed by atoms with Crippen molar-refractivity contribution in [1.29, 1.82) is 0 Å². The van der Waals surface area contributed by atoms with Gasteiger partial charge in [-0.2, -0.15) is 0 Å². The lowest BCUT2D eigenvalue weighted by Gasteiger charge is -2.36. The number of amides is 1. The summed E-state index contributed by atoms with van der Waals surface area (Å²) in [5, 5.41) is 3.32. The van der Waals surface area contributed by atoms with Crippen LogP contribution in [0.2, 0.25) is 0 Å². The summed E-state index contributed by atoms with van der Waals surface area (Å²) in [4.78, 5) is 16.5. The van der Waals surface area contributed by atoms with E-state index < -0.39 is 0 Å². The number of piperidine rings is 1. The van der Waals surface area contributed by atoms with Gasteiger partial charge in [0.25, 0.3) is 0 Å². The van der Waals surface area contributed by atoms with Gasteiger partial charge in [-0.3, -0.25) is 15.0 Å². The van der Waals surface area contributed by atoms with E-state index in [4.69, 9.17) is 0 Å². The van der Waals surface area contributed by atoms with Crippen LogP contribution in [0.15, 0.2) is 0 Å². The first kappa shape index (κ1) is 13.8. The zero-order chi connectivity index (χ0) is 13.0. The summed E-state index contributed by atoms with van der Waals surface area (Å²) in [6, 6.07) is 0.494. The first-order valence-electron chi connectivity index (χ1n) is 7.49. The van der Waals surface area contributed by atoms with Crippen molar-refractivity contribution in [3.05, 3.63) is 0 Å². The van der Waals surface area contributed by atoms with Crippen molar-refractivity contribution in [3.63, 3.8) is 0 Å². The summed E-state index contributed by atoms with van der Waals surface area (Å²) < 4.78 is 0. The minimum Gasteiger partial charge on any atom is -0.324 e. The van der Waals surface area contributed by atoms with Crippen LogP contribution in [0.3, 0.4) is 0 Å². The van der Waals surface area contributed by atoms with Gasteiger partial charge in [-0.25, -0.2) is 0 Å². The summed E-state index contributed by atoms with van der Waals surface area (Å²) >= 11 is 0. The monoisotopic (exact) mass is 253 g/mol. The minimum atomic E-state index is 0.273. The number of nitrogens with zero attached hydrogens (tertiary/aromatic N) is 2. The molecule has 2 unspecified atom stereocenters. The minimum absolute atomic E-state index is 0.273. The van der Waals surface area contributed by atoms with E-state index in [0.717, 1.165) is 19.4 Å². The molecule has 0 aliphatic carbocycles. The molecule has 2 aliphatic rings. The van der Waals surface area contributed by atoms with Crippen LogP contribution in [-0.4, -0.2) is 54.1 Å². The fourth-order valence-electron chi connectivity index (χ4n) is 3.11. The van der Waals surface area contributed by atoms with Gasteiger partial charge in [0.15, 0.2) is 0 Å². The first-order valence-corrected chi connectivity index (χ1v) is 7.49. The zero-order valence-corrected chi connectivity index (χ0v) is 11.8. The molecule has 2 fully saturated rings. The maximum atomic E-state index is 11.9. The normalized spacial score (nSPS) is 27.8. The third kappa shape index (κ3) is 3.23. The van der Waals surface area contributed by atoms with Crippen molar-refractivity contribution >= 4 is 5.91 Å². The van der Waals surface area contributed by atoms with E-state index in [1.165, 1.54) is 32.4 Å². The highest BCUT2D eigenvalue weighted by Gasteiger charge is 2.31. The van der Waals surface area contributed by atoms with Crippen LogP contribution in [0.25, 0.3) is 0 Å². The Labute approximate surface area is 111 Å². The Hall–Kier alpha value is -0.610. The Morgan fingerprint density at radius 2 is 2.06 bits per heavy atom. The summed E-state index contributed by atoms with van der Waals surface area (Å²) in [5.41, 5.74) is 0. The Kier molecular flexibility index (Phi) is 5.01. The number of hydrogen-bond donors (Lipinski definition) is 1. The quantitative estimate of drug-likeness (QED) is 0.805. The molecule has 18 heavy (non-hydrogen) atoms. The van der Waals surface area contributed by atoms with Crippen LogP contribution < -0.4 is 5.32 Å². The van der Waals surface area contributed by atoms with Crippen LogP contribution in [0.4, 0.5) is 0 Å². The standard InChI is InChI=1S/C14H27N3O/c1-3-7-13-15-10-14(18)17(13)11-12(2)16-8-5-4-6-9-16/h12-13,15H,3-11H2,1-2H3. The second kappa shape index (κ2) is 6.53. The Morgan fingerprint density at radius 3 is 2.72 bits per heavy atom. The van der Waals surface area contributed by atoms with Gasteiger partial charge in [-0.05, 0) is 39.3 Å². The van der Waals surface area contributed by atoms with Gasteiger partial charge in [-0.15, -0.1) is 0 Å². The lowest BCUT2D eigenvalue weighted by Crippen LogP contribution is -2.48. The molecule has 0 radical (unpaired) electrons. The third-order valence-corrected chi connectivity index (χ3v) is 4.22. The van der Waals surface area contributed by atoms with E-state index in [1.54, 1.807) is 0 Å². The number of carbonyl (C=O) groups is 1. The van der Waals surface area contributed by atoms with Crippen LogP contribution in [0.5, 0.6) is 0 Å². The second-order valence-corrected chi connectivity index (χ2v) is 5.68. The molecule has 2 aliphatic heterocycles. The molecule has 0 aromatic heterocycles. The zero-order valence-electron chi connectivity index (χ0n) is 11.8. The number of carbonyl (C=O) groups excluding carboxylic acids is 1. The Balaban J connectivity index is 1.87. The smallest absolute Gasteiger partial charge is 0.237 e. The fraction of sp³-hybridized carbons (Fsp3) is 0.929. The number of likely N-dealkylation sites (tertiary alicyclic amines) is 1. The average Bonchev–Trinajstić information content (AvgIpc) is 2.73. The third-order valence-electron chi connectivity index (χ3n) is 4.22. The van der Waals surface area contributed by atoms with E-state index in [1.807, 2.05) is 0 Å². The van der Waals surface area contributed by atoms with Crippen molar-refractivity contribution in [2.24, 2.45) is 0 Å². The predicted molar refractivity (Wildman–Crippen MR) is 73.3 cm³/mol. The van der Waals surface area contributed by atoms with Gasteiger partial charge in [-0.1, -0.05) is 19.8 Å². The molecular formula is C14H27N3O. The molecule has 4 nitrogen and oxygen atoms in total. The number of rotatable bonds is 5. The Bertz CT molecular complexity index is 276. The molecule has 1 amide bonds. The van der Waals surface area contributed by atoms with Crippen LogP contribution in [-0.2, 0) is 4.79 Å². The molecule has 2 rings (SSSR count).